The van der Waals surface area contributed by atoms with Crippen LogP contribution in [0.1, 0.15) is 196 Å². The Bertz CT molecular complexity index is 3100. The standard InChI is InChI=1S/C39H59F3O6SSi2.C38H60O4Si2.2CH4/c1-29(31(3)47-49(43,44)39(40,41)42)27-33(48-50(10,11)37(4,5)6)24-25-36-30(2)28-32(46-36)19-18-26-45-51(38(7,8)9,34-20-14-12-15-21-34)35-22-16-13-17-23-35;1-29(31(3)39)27-33(42-43(10,11)37(4,5)6)24-25-36-30(2)28-32(41-36)19-18-26-40-44(38(7,8)9,34-20-14-12-15-21-34)35-22-16-13-17-23-35;;/h12-17,20-23,29,32-33,36H,2-3,18-19,24-28H2,1,4-11H3;12-17,20-23,29,32-33,36H,2,18-19,24-28H2,1,3-11H3;2*1H4/t2*29?,32?,33-,36?;;/m11../s1. The highest BCUT2D eigenvalue weighted by Crippen LogP contribution is 2.44. The van der Waals surface area contributed by atoms with Gasteiger partial charge in [0.1, 0.15) is 11.5 Å². The molecule has 2 aliphatic rings. The summed E-state index contributed by atoms with van der Waals surface area (Å²) in [7, 11) is -15.2. The summed E-state index contributed by atoms with van der Waals surface area (Å²) in [5, 5.41) is 5.00. The van der Waals surface area contributed by atoms with Crippen molar-refractivity contribution >= 4 is 69.9 Å². The van der Waals surface area contributed by atoms with Crippen molar-refractivity contribution in [3.8, 4) is 0 Å². The van der Waals surface area contributed by atoms with E-state index in [-0.39, 0.29) is 89.8 Å². The Labute approximate surface area is 591 Å². The molecule has 0 saturated carbocycles. The van der Waals surface area contributed by atoms with Crippen LogP contribution in [-0.4, -0.2) is 103 Å². The zero-order valence-electron chi connectivity index (χ0n) is 61.3. The molecule has 546 valence electrons. The van der Waals surface area contributed by atoms with Crippen molar-refractivity contribution in [2.75, 3.05) is 13.2 Å². The Balaban J connectivity index is 0.000000500. The second-order valence-electron chi connectivity index (χ2n) is 32.0. The minimum atomic E-state index is -5.80. The maximum atomic E-state index is 13.0. The van der Waals surface area contributed by atoms with Gasteiger partial charge in [0.25, 0.3) is 16.6 Å². The molecule has 0 N–H and O–H groups in total. The van der Waals surface area contributed by atoms with E-state index in [0.29, 0.717) is 26.1 Å². The number of hydrogen-bond acceptors (Lipinski definition) is 10. The summed E-state index contributed by atoms with van der Waals surface area (Å²) in [6, 6.07) is 42.9. The summed E-state index contributed by atoms with van der Waals surface area (Å²) in [6.45, 7) is 54.6. The summed E-state index contributed by atoms with van der Waals surface area (Å²) in [4.78, 5) is 12.1. The molecule has 18 heteroatoms. The van der Waals surface area contributed by atoms with Crippen LogP contribution >= 0.6 is 0 Å². The fourth-order valence-electron chi connectivity index (χ4n) is 12.7. The maximum absolute atomic E-state index is 13.0. The van der Waals surface area contributed by atoms with Crippen molar-refractivity contribution in [2.45, 2.75) is 284 Å². The monoisotopic (exact) mass is 1440 g/mol. The predicted octanol–water partition coefficient (Wildman–Crippen LogP) is 19.7. The molecule has 0 aromatic heterocycles. The van der Waals surface area contributed by atoms with Gasteiger partial charge in [-0.05, 0) is 162 Å². The molecule has 97 heavy (non-hydrogen) atoms. The molecule has 2 aliphatic heterocycles. The van der Waals surface area contributed by atoms with Gasteiger partial charge in [-0.2, -0.15) is 21.6 Å². The molecule has 10 nitrogen and oxygen atoms in total. The van der Waals surface area contributed by atoms with Crippen molar-refractivity contribution in [2.24, 2.45) is 11.8 Å². The third-order valence-electron chi connectivity index (χ3n) is 20.4. The van der Waals surface area contributed by atoms with Crippen molar-refractivity contribution in [1.29, 1.82) is 0 Å². The third kappa shape index (κ3) is 23.5. The number of carbonyl (C=O) groups excluding carboxylic acids is 1. The molecule has 2 fully saturated rings. The van der Waals surface area contributed by atoms with Crippen LogP contribution in [-0.2, 0) is 46.3 Å². The second kappa shape index (κ2) is 36.2. The van der Waals surface area contributed by atoms with E-state index >= 15 is 0 Å². The van der Waals surface area contributed by atoms with Gasteiger partial charge in [0.05, 0.1) is 24.4 Å². The molecule has 2 heterocycles. The lowest BCUT2D eigenvalue weighted by molar-refractivity contribution is -0.121. The maximum Gasteiger partial charge on any atom is 0.534 e. The zero-order chi connectivity index (χ0) is 71.2. The van der Waals surface area contributed by atoms with E-state index in [4.69, 9.17) is 27.2 Å². The van der Waals surface area contributed by atoms with E-state index in [1.807, 2.05) is 19.1 Å². The van der Waals surface area contributed by atoms with Gasteiger partial charge in [-0.1, -0.05) is 253 Å². The number of ketones is 1. The molecule has 6 unspecified atom stereocenters. The minimum absolute atomic E-state index is 0. The largest absolute Gasteiger partial charge is 0.534 e. The van der Waals surface area contributed by atoms with E-state index in [2.05, 4.69) is 242 Å². The van der Waals surface area contributed by atoms with Crippen molar-refractivity contribution in [3.05, 3.63) is 158 Å². The Morgan fingerprint density at radius 3 is 1.09 bits per heavy atom. The quantitative estimate of drug-likeness (QED) is 0.0117. The lowest BCUT2D eigenvalue weighted by Gasteiger charge is -2.43. The van der Waals surface area contributed by atoms with Crippen LogP contribution in [0.5, 0.6) is 0 Å². The van der Waals surface area contributed by atoms with Gasteiger partial charge < -0.3 is 31.4 Å². The number of benzene rings is 4. The average molecular weight is 1440 g/mol. The van der Waals surface area contributed by atoms with Crippen LogP contribution in [0.2, 0.25) is 46.3 Å². The molecule has 0 radical (unpaired) electrons. The SMILES string of the molecule is C.C.C=C(OS(=O)(=O)C(F)(F)F)C(C)C[C@@H](CCC1OC(CCCO[Si](c2ccccc2)(c2ccccc2)C(C)(C)C)CC1=C)O[Si](C)(C)C(C)(C)C.C=C1CC(CCCO[Si](c2ccccc2)(c2ccccc2)C(C)(C)C)OC1CC[C@H](CC(C)C(C)=O)O[Si](C)(C)C(C)(C)C. The topological polar surface area (TPSA) is 116 Å². The fourth-order valence-corrected chi connectivity index (χ4v) is 25.3. The van der Waals surface area contributed by atoms with Crippen molar-refractivity contribution < 1.29 is 57.7 Å². The molecule has 8 atom stereocenters. The van der Waals surface area contributed by atoms with Crippen LogP contribution in [0.4, 0.5) is 13.2 Å². The van der Waals surface area contributed by atoms with Crippen LogP contribution in [0.15, 0.2) is 158 Å². The number of Topliss-reactive ketones (excluding diaryl/α,β-unsaturated/α-hetero) is 1. The first-order chi connectivity index (χ1) is 43.9. The normalized spacial score (nSPS) is 19.0. The zero-order valence-corrected chi connectivity index (χ0v) is 66.1. The van der Waals surface area contributed by atoms with Crippen LogP contribution in [0.25, 0.3) is 0 Å². The second-order valence-corrected chi connectivity index (χ2v) is 51.7. The molecule has 4 aromatic carbocycles. The number of rotatable bonds is 32. The Morgan fingerprint density at radius 2 is 0.825 bits per heavy atom. The highest BCUT2D eigenvalue weighted by molar-refractivity contribution is 7.87. The summed E-state index contributed by atoms with van der Waals surface area (Å²) >= 11 is 0. The molecule has 0 amide bonds. The first-order valence-corrected chi connectivity index (χ1v) is 45.6. The molecule has 0 aliphatic carbocycles. The van der Waals surface area contributed by atoms with Gasteiger partial charge in [0.15, 0.2) is 16.6 Å². The highest BCUT2D eigenvalue weighted by Gasteiger charge is 2.53. The molecular weight excluding hydrogens is 1310 g/mol. The van der Waals surface area contributed by atoms with Crippen LogP contribution < -0.4 is 20.7 Å². The van der Waals surface area contributed by atoms with E-state index in [1.54, 1.807) is 13.8 Å². The van der Waals surface area contributed by atoms with Gasteiger partial charge in [0, 0.05) is 37.3 Å². The Hall–Kier alpha value is -4.06. The first kappa shape index (κ1) is 87.2. The average Bonchev–Trinajstić information content (AvgIpc) is 1.26. The molecular formula is C79H127F3O10SSi4. The summed E-state index contributed by atoms with van der Waals surface area (Å²) in [5.41, 5.74) is -3.33. The van der Waals surface area contributed by atoms with E-state index in [0.717, 1.165) is 63.4 Å². The molecule has 0 bridgehead atoms. The third-order valence-corrected chi connectivity index (χ3v) is 40.6. The Kier molecular flexibility index (Phi) is 32.5. The fraction of sp³-hybridized carbons (Fsp3) is 0.608. The smallest absolute Gasteiger partial charge is 0.414 e. The number of carbonyl (C=O) groups is 1. The first-order valence-electron chi connectivity index (χ1n) is 34.6. The lowest BCUT2D eigenvalue weighted by Crippen LogP contribution is -2.66. The molecule has 2 saturated heterocycles. The van der Waals surface area contributed by atoms with Crippen LogP contribution in [0.3, 0.4) is 0 Å². The van der Waals surface area contributed by atoms with Crippen molar-refractivity contribution in [3.63, 3.8) is 0 Å². The van der Waals surface area contributed by atoms with Gasteiger partial charge in [-0.15, -0.1) is 0 Å². The summed E-state index contributed by atoms with van der Waals surface area (Å²) in [6.07, 6.45) is 8.90. The number of halogens is 3. The van der Waals surface area contributed by atoms with Gasteiger partial charge in [0.2, 0.25) is 0 Å². The molecule has 6 rings (SSSR count). The number of hydrogen-bond donors (Lipinski definition) is 0. The number of ether oxygens (including phenoxy) is 2. The predicted molar refractivity (Wildman–Crippen MR) is 410 cm³/mol. The Morgan fingerprint density at radius 1 is 0.526 bits per heavy atom. The summed E-state index contributed by atoms with van der Waals surface area (Å²) in [5.74, 6) is -0.928. The van der Waals surface area contributed by atoms with Crippen molar-refractivity contribution in [1.82, 2.24) is 0 Å². The van der Waals surface area contributed by atoms with Gasteiger partial charge in [-0.25, -0.2) is 0 Å². The van der Waals surface area contributed by atoms with E-state index in [9.17, 15) is 26.4 Å². The van der Waals surface area contributed by atoms with Gasteiger partial charge in [-0.3, -0.25) is 4.79 Å². The number of allylic oxidation sites excluding steroid dienone is 1. The molecule has 4 aromatic rings. The van der Waals surface area contributed by atoms with E-state index in [1.165, 1.54) is 26.3 Å². The van der Waals surface area contributed by atoms with Crippen LogP contribution in [0, 0.1) is 11.8 Å². The molecule has 0 spiro atoms. The number of alkyl halides is 3. The summed E-state index contributed by atoms with van der Waals surface area (Å²) < 4.78 is 107. The highest BCUT2D eigenvalue weighted by atomic mass is 32.2. The lowest BCUT2D eigenvalue weighted by atomic mass is 9.95. The van der Waals surface area contributed by atoms with Gasteiger partial charge >= 0.3 is 15.6 Å². The minimum Gasteiger partial charge on any atom is -0.414 e. The van der Waals surface area contributed by atoms with E-state index < -0.39 is 60.6 Å².